The van der Waals surface area contributed by atoms with Gasteiger partial charge in [-0.05, 0) is 18.2 Å². The van der Waals surface area contributed by atoms with Crippen molar-refractivity contribution in [1.29, 1.82) is 0 Å². The van der Waals surface area contributed by atoms with Crippen LogP contribution < -0.4 is 16.4 Å². The summed E-state index contributed by atoms with van der Waals surface area (Å²) in [6, 6.07) is 9.97. The molecule has 0 saturated carbocycles. The zero-order chi connectivity index (χ0) is 30.1. The molecule has 0 unspecified atom stereocenters. The molecule has 39 heavy (non-hydrogen) atoms. The Bertz CT molecular complexity index is 1270. The van der Waals surface area contributed by atoms with Gasteiger partial charge in [0.2, 0.25) is 0 Å². The zero-order valence-electron chi connectivity index (χ0n) is 24.8. The number of nitrogens with two attached hydrogens (primary N) is 2. The number of hydrogen-bond acceptors (Lipinski definition) is 8. The summed E-state index contributed by atoms with van der Waals surface area (Å²) in [5, 5.41) is 5.20. The number of methoxy groups -OCH3 is 1. The molecule has 0 aliphatic carbocycles. The summed E-state index contributed by atoms with van der Waals surface area (Å²) >= 11 is 0. The summed E-state index contributed by atoms with van der Waals surface area (Å²) < 4.78 is 20.4. The molecule has 3 aromatic heterocycles. The maximum atomic E-state index is 14.2. The molecule has 3 heterocycles. The van der Waals surface area contributed by atoms with Crippen LogP contribution in [0.25, 0.3) is 22.6 Å². The quantitative estimate of drug-likeness (QED) is 0.296. The number of carbonyl (C=O) groups is 1. The van der Waals surface area contributed by atoms with E-state index in [-0.39, 0.29) is 35.5 Å². The van der Waals surface area contributed by atoms with Gasteiger partial charge in [-0.1, -0.05) is 73.6 Å². The molecule has 10 nitrogen and oxygen atoms in total. The van der Waals surface area contributed by atoms with Crippen molar-refractivity contribution in [3.05, 3.63) is 54.0 Å². The number of hydrogen-bond donors (Lipinski definition) is 2. The van der Waals surface area contributed by atoms with E-state index in [4.69, 9.17) is 11.5 Å². The predicted molar refractivity (Wildman–Crippen MR) is 159 cm³/mol. The fraction of sp³-hybridized carbons (Fsp3) is 0.393. The lowest BCUT2D eigenvalue weighted by Crippen LogP contribution is -2.28. The van der Waals surface area contributed by atoms with Crippen molar-refractivity contribution in [2.75, 3.05) is 30.5 Å². The Morgan fingerprint density at radius 3 is 2.05 bits per heavy atom. The summed E-state index contributed by atoms with van der Waals surface area (Å²) in [7, 11) is 2.68. The minimum Gasteiger partial charge on any atom is -0.452 e. The van der Waals surface area contributed by atoms with Crippen molar-refractivity contribution in [3.8, 4) is 11.5 Å². The molecule has 0 saturated heterocycles. The van der Waals surface area contributed by atoms with Crippen molar-refractivity contribution >= 4 is 34.4 Å². The Hall–Kier alpha value is -4.28. The molecule has 0 radical (unpaired) electrons. The molecule has 0 aliphatic rings. The molecular weight excluding hydrogens is 499 g/mol. The molecule has 0 atom stereocenters. The number of pyridine rings is 1. The summed E-state index contributed by atoms with van der Waals surface area (Å²) in [5.41, 5.74) is 13.6. The Morgan fingerprint density at radius 2 is 1.51 bits per heavy atom. The highest BCUT2D eigenvalue weighted by atomic mass is 19.1. The van der Waals surface area contributed by atoms with Crippen LogP contribution in [-0.4, -0.2) is 45.0 Å². The average molecular weight is 543 g/mol. The van der Waals surface area contributed by atoms with Gasteiger partial charge in [0, 0.05) is 18.8 Å². The van der Waals surface area contributed by atoms with Gasteiger partial charge in [0.1, 0.15) is 17.2 Å². The Labute approximate surface area is 231 Å². The molecule has 0 bridgehead atoms. The van der Waals surface area contributed by atoms with Crippen molar-refractivity contribution in [1.82, 2.24) is 24.7 Å². The fourth-order valence-corrected chi connectivity index (χ4v) is 3.24. The SMILES string of the molecule is CC.CC.CC.CC.COC(=O)N(C)c1c(N)nc(-c2nn(Cc3ccccc3F)c3ncccc23)nc1N. The lowest BCUT2D eigenvalue weighted by atomic mass is 10.2. The second-order valence-corrected chi connectivity index (χ2v) is 6.67. The van der Waals surface area contributed by atoms with E-state index in [1.165, 1.54) is 20.2 Å². The number of carbonyl (C=O) groups excluding carboxylic acids is 1. The molecule has 0 spiro atoms. The standard InChI is InChI=1S/C20H19FN8O2.4C2H6/c1-28(20(30)31-2)15-16(22)25-18(26-17(15)23)14-12-7-5-9-24-19(12)29(27-14)10-11-6-3-4-8-13(11)21;4*1-2/h3-9H,10H2,1-2H3,(H4,22,23,25,26);4*1-2H3. The van der Waals surface area contributed by atoms with E-state index < -0.39 is 6.09 Å². The fourth-order valence-electron chi connectivity index (χ4n) is 3.24. The second-order valence-electron chi connectivity index (χ2n) is 6.67. The molecule has 11 heteroatoms. The van der Waals surface area contributed by atoms with Crippen molar-refractivity contribution in [2.24, 2.45) is 0 Å². The summed E-state index contributed by atoms with van der Waals surface area (Å²) in [4.78, 5) is 25.9. The number of benzene rings is 1. The monoisotopic (exact) mass is 542 g/mol. The number of fused-ring (bicyclic) bond motifs is 1. The normalized spacial score (nSPS) is 9.31. The number of rotatable bonds is 4. The molecule has 4 N–H and O–H groups in total. The summed E-state index contributed by atoms with van der Waals surface area (Å²) in [6.45, 7) is 16.2. The second kappa shape index (κ2) is 18.1. The van der Waals surface area contributed by atoms with E-state index >= 15 is 0 Å². The third-order valence-electron chi connectivity index (χ3n) is 4.72. The number of ether oxygens (including phenoxy) is 1. The average Bonchev–Trinajstić information content (AvgIpc) is 3.36. The van der Waals surface area contributed by atoms with E-state index in [0.717, 1.165) is 4.90 Å². The lowest BCUT2D eigenvalue weighted by Gasteiger charge is -2.18. The maximum absolute atomic E-state index is 14.2. The minimum atomic E-state index is -0.668. The highest BCUT2D eigenvalue weighted by molar-refractivity contribution is 5.96. The first-order valence-corrected chi connectivity index (χ1v) is 13.2. The van der Waals surface area contributed by atoms with Crippen LogP contribution in [0.2, 0.25) is 0 Å². The number of halogens is 1. The Kier molecular flexibility index (Phi) is 16.1. The van der Waals surface area contributed by atoms with Gasteiger partial charge in [0.15, 0.2) is 23.1 Å². The van der Waals surface area contributed by atoms with E-state index in [1.54, 1.807) is 41.2 Å². The molecule has 1 amide bonds. The Morgan fingerprint density at radius 1 is 0.949 bits per heavy atom. The topological polar surface area (TPSA) is 138 Å². The molecular formula is C28H43FN8O2. The maximum Gasteiger partial charge on any atom is 0.413 e. The largest absolute Gasteiger partial charge is 0.452 e. The van der Waals surface area contributed by atoms with Gasteiger partial charge in [-0.25, -0.2) is 28.8 Å². The Balaban J connectivity index is 0.00000166. The molecule has 1 aromatic carbocycles. The summed E-state index contributed by atoms with van der Waals surface area (Å²) in [5.74, 6) is -0.224. The number of nitrogens with zero attached hydrogens (tertiary/aromatic N) is 6. The summed E-state index contributed by atoms with van der Waals surface area (Å²) in [6.07, 6.45) is 0.947. The zero-order valence-corrected chi connectivity index (χ0v) is 24.8. The van der Waals surface area contributed by atoms with Gasteiger partial charge < -0.3 is 16.2 Å². The van der Waals surface area contributed by atoms with E-state index in [2.05, 4.69) is 24.8 Å². The van der Waals surface area contributed by atoms with E-state index in [1.807, 2.05) is 55.4 Å². The highest BCUT2D eigenvalue weighted by Crippen LogP contribution is 2.32. The number of amides is 1. The number of anilines is 3. The van der Waals surface area contributed by atoms with Gasteiger partial charge in [-0.3, -0.25) is 4.90 Å². The lowest BCUT2D eigenvalue weighted by molar-refractivity contribution is 0.180. The smallest absolute Gasteiger partial charge is 0.413 e. The van der Waals surface area contributed by atoms with Gasteiger partial charge in [0.05, 0.1) is 19.0 Å². The van der Waals surface area contributed by atoms with Gasteiger partial charge in [0.25, 0.3) is 0 Å². The highest BCUT2D eigenvalue weighted by Gasteiger charge is 2.23. The van der Waals surface area contributed by atoms with Crippen LogP contribution in [0.5, 0.6) is 0 Å². The van der Waals surface area contributed by atoms with Crippen LogP contribution in [0.1, 0.15) is 61.0 Å². The van der Waals surface area contributed by atoms with Gasteiger partial charge in [-0.2, -0.15) is 5.10 Å². The first-order valence-electron chi connectivity index (χ1n) is 13.2. The molecule has 4 aromatic rings. The van der Waals surface area contributed by atoms with Gasteiger partial charge >= 0.3 is 6.09 Å². The van der Waals surface area contributed by atoms with Crippen molar-refractivity contribution in [2.45, 2.75) is 61.9 Å². The molecule has 0 fully saturated rings. The molecule has 0 aliphatic heterocycles. The molecule has 214 valence electrons. The van der Waals surface area contributed by atoms with E-state index in [0.29, 0.717) is 22.3 Å². The number of nitrogen functional groups attached to an aromatic ring is 2. The van der Waals surface area contributed by atoms with E-state index in [9.17, 15) is 9.18 Å². The number of aromatic nitrogens is 5. The van der Waals surface area contributed by atoms with Crippen LogP contribution in [0.3, 0.4) is 0 Å². The predicted octanol–water partition coefficient (Wildman–Crippen LogP) is 6.55. The third kappa shape index (κ3) is 8.36. The first-order chi connectivity index (χ1) is 18.9. The van der Waals surface area contributed by atoms with Gasteiger partial charge in [-0.15, -0.1) is 0 Å². The minimum absolute atomic E-state index is 0.0175. The van der Waals surface area contributed by atoms with Crippen LogP contribution in [0, 0.1) is 5.82 Å². The van der Waals surface area contributed by atoms with Crippen LogP contribution in [0.15, 0.2) is 42.6 Å². The third-order valence-corrected chi connectivity index (χ3v) is 4.72. The first kappa shape index (κ1) is 34.7. The molecule has 4 rings (SSSR count). The van der Waals surface area contributed by atoms with Crippen molar-refractivity contribution in [3.63, 3.8) is 0 Å². The van der Waals surface area contributed by atoms with Crippen LogP contribution in [0.4, 0.5) is 26.5 Å². The van der Waals surface area contributed by atoms with Crippen LogP contribution in [-0.2, 0) is 11.3 Å². The van der Waals surface area contributed by atoms with Crippen LogP contribution >= 0.6 is 0 Å². The van der Waals surface area contributed by atoms with Crippen molar-refractivity contribution < 1.29 is 13.9 Å².